The number of rotatable bonds is 5. The van der Waals surface area contributed by atoms with E-state index in [1.807, 2.05) is 13.2 Å². The van der Waals surface area contributed by atoms with Gasteiger partial charge in [-0.2, -0.15) is 11.8 Å². The van der Waals surface area contributed by atoms with E-state index < -0.39 is 5.41 Å². The summed E-state index contributed by atoms with van der Waals surface area (Å²) in [5, 5.41) is 14.6. The Morgan fingerprint density at radius 2 is 2.31 bits per heavy atom. The molecular formula is C10H19N3O2S. The summed E-state index contributed by atoms with van der Waals surface area (Å²) in [4.78, 5) is 12.0. The fraction of sp³-hybridized carbons (Fsp3) is 0.800. The van der Waals surface area contributed by atoms with Crippen LogP contribution in [-0.4, -0.2) is 35.0 Å². The number of carbonyl (C=O) groups is 1. The van der Waals surface area contributed by atoms with Gasteiger partial charge < -0.3 is 16.3 Å². The third-order valence-corrected chi connectivity index (χ3v) is 3.87. The van der Waals surface area contributed by atoms with Crippen LogP contribution in [0.25, 0.3) is 0 Å². The minimum atomic E-state index is -0.762. The largest absolute Gasteiger partial charge is 0.409 e. The Bertz CT molecular complexity index is 290. The van der Waals surface area contributed by atoms with Crippen LogP contribution in [0.15, 0.2) is 5.16 Å². The molecule has 16 heavy (non-hydrogen) atoms. The molecule has 0 saturated heterocycles. The topological polar surface area (TPSA) is 87.7 Å². The number of oxime groups is 1. The summed E-state index contributed by atoms with van der Waals surface area (Å²) in [6, 6.07) is 0.103. The molecule has 0 aromatic heterocycles. The lowest BCUT2D eigenvalue weighted by atomic mass is 9.67. The molecule has 1 fully saturated rings. The van der Waals surface area contributed by atoms with Crippen LogP contribution in [0, 0.1) is 5.41 Å². The van der Waals surface area contributed by atoms with E-state index in [0.29, 0.717) is 12.8 Å². The van der Waals surface area contributed by atoms with Crippen molar-refractivity contribution in [3.05, 3.63) is 0 Å². The summed E-state index contributed by atoms with van der Waals surface area (Å²) in [5.41, 5.74) is 4.84. The molecule has 0 heterocycles. The molecule has 0 bridgehead atoms. The highest BCUT2D eigenvalue weighted by atomic mass is 32.2. The number of nitrogens with one attached hydrogen (secondary N) is 1. The van der Waals surface area contributed by atoms with Crippen LogP contribution in [0.5, 0.6) is 0 Å². The van der Waals surface area contributed by atoms with E-state index in [9.17, 15) is 4.79 Å². The highest BCUT2D eigenvalue weighted by molar-refractivity contribution is 7.98. The molecule has 0 radical (unpaired) electrons. The number of thioether (sulfide) groups is 1. The normalized spacial score (nSPS) is 21.0. The van der Waals surface area contributed by atoms with Crippen molar-refractivity contribution in [1.29, 1.82) is 0 Å². The molecule has 1 saturated carbocycles. The van der Waals surface area contributed by atoms with Crippen LogP contribution in [-0.2, 0) is 4.79 Å². The number of nitrogens with two attached hydrogens (primary N) is 1. The van der Waals surface area contributed by atoms with E-state index in [4.69, 9.17) is 10.9 Å². The van der Waals surface area contributed by atoms with Crippen LogP contribution < -0.4 is 11.1 Å². The molecule has 1 rings (SSSR count). The lowest BCUT2D eigenvalue weighted by Gasteiger charge is -2.39. The average Bonchev–Trinajstić information content (AvgIpc) is 2.15. The predicted molar refractivity (Wildman–Crippen MR) is 65.7 cm³/mol. The van der Waals surface area contributed by atoms with Gasteiger partial charge in [0.25, 0.3) is 0 Å². The molecule has 1 amide bonds. The van der Waals surface area contributed by atoms with E-state index in [0.717, 1.165) is 12.2 Å². The molecule has 1 aliphatic carbocycles. The predicted octanol–water partition coefficient (Wildman–Crippen LogP) is 0.771. The highest BCUT2D eigenvalue weighted by Crippen LogP contribution is 2.41. The lowest BCUT2D eigenvalue weighted by molar-refractivity contribution is -0.131. The Hall–Kier alpha value is -0.910. The molecule has 1 atom stereocenters. The maximum absolute atomic E-state index is 12.0. The quantitative estimate of drug-likeness (QED) is 0.289. The van der Waals surface area contributed by atoms with E-state index in [2.05, 4.69) is 10.5 Å². The second-order valence-corrected chi connectivity index (χ2v) is 5.16. The first-order valence-electron chi connectivity index (χ1n) is 5.34. The van der Waals surface area contributed by atoms with E-state index >= 15 is 0 Å². The number of hydrogen-bond donors (Lipinski definition) is 3. The molecule has 0 aliphatic heterocycles. The molecule has 1 unspecified atom stereocenters. The summed E-state index contributed by atoms with van der Waals surface area (Å²) in [5.74, 6) is 0.779. The first-order chi connectivity index (χ1) is 7.56. The van der Waals surface area contributed by atoms with Crippen molar-refractivity contribution in [2.45, 2.75) is 32.2 Å². The second-order valence-electron chi connectivity index (χ2n) is 4.25. The summed E-state index contributed by atoms with van der Waals surface area (Å²) in [6.45, 7) is 1.95. The fourth-order valence-electron chi connectivity index (χ4n) is 1.88. The highest BCUT2D eigenvalue weighted by Gasteiger charge is 2.48. The molecule has 4 N–H and O–H groups in total. The van der Waals surface area contributed by atoms with Crippen molar-refractivity contribution in [3.8, 4) is 0 Å². The summed E-state index contributed by atoms with van der Waals surface area (Å²) in [7, 11) is 0. The van der Waals surface area contributed by atoms with Crippen molar-refractivity contribution < 1.29 is 10.0 Å². The zero-order valence-electron chi connectivity index (χ0n) is 9.69. The molecule has 6 heteroatoms. The van der Waals surface area contributed by atoms with Crippen LogP contribution >= 0.6 is 11.8 Å². The van der Waals surface area contributed by atoms with Gasteiger partial charge in [0.1, 0.15) is 5.41 Å². The molecule has 1 aliphatic rings. The molecule has 0 aromatic rings. The minimum absolute atomic E-state index is 0.0348. The van der Waals surface area contributed by atoms with Gasteiger partial charge in [-0.15, -0.1) is 0 Å². The summed E-state index contributed by atoms with van der Waals surface area (Å²) in [6.07, 6.45) is 4.27. The zero-order valence-corrected chi connectivity index (χ0v) is 10.5. The molecular weight excluding hydrogens is 226 g/mol. The molecule has 0 spiro atoms. The Morgan fingerprint density at radius 3 is 2.69 bits per heavy atom. The summed E-state index contributed by atoms with van der Waals surface area (Å²) < 4.78 is 0. The Balaban J connectivity index is 2.64. The third-order valence-electron chi connectivity index (χ3n) is 3.03. The van der Waals surface area contributed by atoms with Gasteiger partial charge in [0, 0.05) is 11.8 Å². The number of carbonyl (C=O) groups excluding carboxylic acids is 1. The van der Waals surface area contributed by atoms with Crippen molar-refractivity contribution >= 4 is 23.5 Å². The maximum atomic E-state index is 12.0. The van der Waals surface area contributed by atoms with Gasteiger partial charge in [-0.1, -0.05) is 11.6 Å². The summed E-state index contributed by atoms with van der Waals surface area (Å²) >= 11 is 1.68. The number of amides is 1. The monoisotopic (exact) mass is 245 g/mol. The van der Waals surface area contributed by atoms with Gasteiger partial charge in [0.15, 0.2) is 5.84 Å². The Kier molecular flexibility index (Phi) is 4.46. The van der Waals surface area contributed by atoms with E-state index in [-0.39, 0.29) is 17.8 Å². The van der Waals surface area contributed by atoms with Gasteiger partial charge in [0.2, 0.25) is 5.91 Å². The molecule has 5 nitrogen and oxygen atoms in total. The van der Waals surface area contributed by atoms with Gasteiger partial charge in [0.05, 0.1) is 0 Å². The maximum Gasteiger partial charge on any atom is 0.234 e. The minimum Gasteiger partial charge on any atom is -0.409 e. The van der Waals surface area contributed by atoms with Gasteiger partial charge in [-0.05, 0) is 26.0 Å². The van der Waals surface area contributed by atoms with Crippen molar-refractivity contribution in [2.75, 3.05) is 12.0 Å². The van der Waals surface area contributed by atoms with Crippen LogP contribution in [0.2, 0.25) is 0 Å². The van der Waals surface area contributed by atoms with Crippen molar-refractivity contribution in [1.82, 2.24) is 5.32 Å². The van der Waals surface area contributed by atoms with Crippen LogP contribution in [0.3, 0.4) is 0 Å². The van der Waals surface area contributed by atoms with E-state index in [1.165, 1.54) is 0 Å². The van der Waals surface area contributed by atoms with Crippen LogP contribution in [0.1, 0.15) is 26.2 Å². The number of hydrogen-bond acceptors (Lipinski definition) is 4. The standard InChI is InChI=1S/C10H19N3O2S/c1-7(6-16-2)12-9(14)10(4-3-5-10)8(11)13-15/h7,15H,3-6H2,1-2H3,(H2,11,13)(H,12,14). The van der Waals surface area contributed by atoms with Gasteiger partial charge >= 0.3 is 0 Å². The average molecular weight is 245 g/mol. The molecule has 92 valence electrons. The second kappa shape index (κ2) is 5.43. The number of nitrogens with zero attached hydrogens (tertiary/aromatic N) is 1. The third kappa shape index (κ3) is 2.42. The molecule has 0 aromatic carbocycles. The van der Waals surface area contributed by atoms with E-state index in [1.54, 1.807) is 11.8 Å². The first kappa shape index (κ1) is 13.2. The van der Waals surface area contributed by atoms with Gasteiger partial charge in [-0.25, -0.2) is 0 Å². The van der Waals surface area contributed by atoms with Crippen molar-refractivity contribution in [2.24, 2.45) is 16.3 Å². The SMILES string of the molecule is CSCC(C)NC(=O)C1(C(N)=NO)CCC1. The zero-order chi connectivity index (χ0) is 12.2. The number of amidine groups is 1. The fourth-order valence-corrected chi connectivity index (χ4v) is 2.46. The van der Waals surface area contributed by atoms with Crippen molar-refractivity contribution in [3.63, 3.8) is 0 Å². The smallest absolute Gasteiger partial charge is 0.234 e. The Morgan fingerprint density at radius 1 is 1.69 bits per heavy atom. The Labute approximate surface area is 99.8 Å². The lowest BCUT2D eigenvalue weighted by Crippen LogP contribution is -2.55. The van der Waals surface area contributed by atoms with Crippen LogP contribution in [0.4, 0.5) is 0 Å². The van der Waals surface area contributed by atoms with Gasteiger partial charge in [-0.3, -0.25) is 4.79 Å². The first-order valence-corrected chi connectivity index (χ1v) is 6.74.